The van der Waals surface area contributed by atoms with Gasteiger partial charge in [-0.3, -0.25) is 4.79 Å². The zero-order chi connectivity index (χ0) is 16.7. The van der Waals surface area contributed by atoms with Crippen molar-refractivity contribution in [2.24, 2.45) is 0 Å². The molecule has 1 heterocycles. The number of amides is 1. The number of benzene rings is 1. The average molecular weight is 334 g/mol. The number of nitrogens with one attached hydrogen (secondary N) is 1. The third-order valence-corrected chi connectivity index (χ3v) is 4.42. The first-order valence-corrected chi connectivity index (χ1v) is 8.25. The molecule has 0 aromatic heterocycles. The Bertz CT molecular complexity index is 520. The number of carbonyl (C=O) groups excluding carboxylic acids is 2. The van der Waals surface area contributed by atoms with Gasteiger partial charge < -0.3 is 15.0 Å². The number of rotatable bonds is 6. The molecule has 0 atom stereocenters. The third kappa shape index (κ3) is 5.96. The second-order valence-electron chi connectivity index (χ2n) is 6.07. The molecule has 1 aromatic carbocycles. The molecule has 2 rings (SSSR count). The number of piperidine rings is 1. The number of esters is 1. The molecule has 1 aromatic rings. The molecule has 1 aliphatic heterocycles. The van der Waals surface area contributed by atoms with Crippen molar-refractivity contribution in [2.75, 3.05) is 33.3 Å². The van der Waals surface area contributed by atoms with Crippen LogP contribution in [0.3, 0.4) is 0 Å². The number of hydrogen-bond acceptors (Lipinski definition) is 4. The zero-order valence-electron chi connectivity index (χ0n) is 14.0. The molecular weight excluding hydrogens is 304 g/mol. The number of hydrogen-bond donors (Lipinski definition) is 1. The summed E-state index contributed by atoms with van der Waals surface area (Å²) in [6, 6.07) is 7.79. The summed E-state index contributed by atoms with van der Waals surface area (Å²) in [6.07, 6.45) is 3.27. The van der Waals surface area contributed by atoms with E-state index in [-0.39, 0.29) is 19.3 Å². The van der Waals surface area contributed by atoms with Crippen LogP contribution in [0.4, 0.5) is 0 Å². The maximum atomic E-state index is 11.5. The van der Waals surface area contributed by atoms with E-state index in [4.69, 9.17) is 4.74 Å². The molecule has 1 aliphatic rings. The number of methoxy groups -OCH3 is 1. The summed E-state index contributed by atoms with van der Waals surface area (Å²) < 4.78 is 4.73. The Balaban J connectivity index is 0.00000288. The number of carbonyl (C=O) groups is 2. The van der Waals surface area contributed by atoms with E-state index >= 15 is 0 Å². The molecule has 0 saturated carbocycles. The van der Waals surface area contributed by atoms with E-state index in [9.17, 15) is 9.59 Å². The third-order valence-electron chi connectivity index (χ3n) is 4.42. The van der Waals surface area contributed by atoms with Crippen LogP contribution < -0.4 is 5.32 Å². The number of likely N-dealkylation sites (tertiary alicyclic amines) is 1. The fourth-order valence-electron chi connectivity index (χ4n) is 3.07. The minimum atomic E-state index is -0.287. The molecule has 24 heavy (non-hydrogen) atoms. The van der Waals surface area contributed by atoms with Crippen LogP contribution in [-0.2, 0) is 9.53 Å². The van der Waals surface area contributed by atoms with E-state index < -0.39 is 0 Å². The van der Waals surface area contributed by atoms with Crippen LogP contribution in [0.2, 0.25) is 0 Å². The van der Waals surface area contributed by atoms with Gasteiger partial charge in [-0.25, -0.2) is 4.79 Å². The average Bonchev–Trinajstić information content (AvgIpc) is 2.58. The van der Waals surface area contributed by atoms with Crippen molar-refractivity contribution in [1.29, 1.82) is 0 Å². The lowest BCUT2D eigenvalue weighted by Crippen LogP contribution is -2.35. The summed E-state index contributed by atoms with van der Waals surface area (Å²) in [7, 11) is 1.40. The summed E-state index contributed by atoms with van der Waals surface area (Å²) in [6.45, 7) is 5.52. The van der Waals surface area contributed by atoms with Crippen molar-refractivity contribution in [1.82, 2.24) is 10.2 Å². The van der Waals surface area contributed by atoms with Crippen LogP contribution >= 0.6 is 0 Å². The van der Waals surface area contributed by atoms with Crippen molar-refractivity contribution in [3.8, 4) is 0 Å². The first-order valence-electron chi connectivity index (χ1n) is 8.25. The normalized spacial score (nSPS) is 15.4. The molecule has 1 N–H and O–H groups in total. The van der Waals surface area contributed by atoms with E-state index in [2.05, 4.69) is 10.2 Å². The van der Waals surface area contributed by atoms with E-state index in [1.807, 2.05) is 24.3 Å². The molecule has 134 valence electrons. The molecular formula is C19H30N2O3. The standard InChI is InChI=1S/C18H26N2O3.CH4/c1-14(21)19-10-3-11-20-12-8-16(9-13-20)15-4-6-17(7-5-15)18(22)23-2;/h4-7,16H,3,8-13H2,1-2H3,(H,19,21);1H4. The van der Waals surface area contributed by atoms with Crippen molar-refractivity contribution in [2.45, 2.75) is 39.5 Å². The topological polar surface area (TPSA) is 58.6 Å². The maximum absolute atomic E-state index is 11.5. The molecule has 0 spiro atoms. The summed E-state index contributed by atoms with van der Waals surface area (Å²) in [4.78, 5) is 24.7. The highest BCUT2D eigenvalue weighted by Gasteiger charge is 2.20. The van der Waals surface area contributed by atoms with Crippen LogP contribution in [-0.4, -0.2) is 50.1 Å². The SMILES string of the molecule is C.COC(=O)c1ccc(C2CCN(CCCNC(C)=O)CC2)cc1. The Morgan fingerprint density at radius 1 is 1.21 bits per heavy atom. The number of ether oxygens (including phenoxy) is 1. The first kappa shape index (κ1) is 20.2. The zero-order valence-corrected chi connectivity index (χ0v) is 14.0. The summed E-state index contributed by atoms with van der Waals surface area (Å²) >= 11 is 0. The molecule has 5 heteroatoms. The van der Waals surface area contributed by atoms with E-state index in [1.54, 1.807) is 6.92 Å². The fraction of sp³-hybridized carbons (Fsp3) is 0.579. The first-order chi connectivity index (χ1) is 11.1. The Kier molecular flexibility index (Phi) is 8.47. The fourth-order valence-corrected chi connectivity index (χ4v) is 3.07. The van der Waals surface area contributed by atoms with Crippen molar-refractivity contribution in [3.63, 3.8) is 0 Å². The van der Waals surface area contributed by atoms with Crippen LogP contribution in [0.25, 0.3) is 0 Å². The van der Waals surface area contributed by atoms with Crippen molar-refractivity contribution in [3.05, 3.63) is 35.4 Å². The molecule has 0 unspecified atom stereocenters. The van der Waals surface area contributed by atoms with Gasteiger partial charge in [0.05, 0.1) is 12.7 Å². The van der Waals surface area contributed by atoms with E-state index in [0.717, 1.165) is 45.4 Å². The predicted octanol–water partition coefficient (Wildman–Crippen LogP) is 2.81. The minimum absolute atomic E-state index is 0. The quantitative estimate of drug-likeness (QED) is 0.642. The molecule has 1 amide bonds. The molecule has 1 fully saturated rings. The molecule has 0 radical (unpaired) electrons. The van der Waals surface area contributed by atoms with Gasteiger partial charge in [0.2, 0.25) is 5.91 Å². The highest BCUT2D eigenvalue weighted by atomic mass is 16.5. The lowest BCUT2D eigenvalue weighted by molar-refractivity contribution is -0.118. The van der Waals surface area contributed by atoms with Gasteiger partial charge in [-0.15, -0.1) is 0 Å². The molecule has 0 bridgehead atoms. The van der Waals surface area contributed by atoms with E-state index in [0.29, 0.717) is 11.5 Å². The van der Waals surface area contributed by atoms with Gasteiger partial charge in [-0.1, -0.05) is 19.6 Å². The van der Waals surface area contributed by atoms with Gasteiger partial charge in [-0.2, -0.15) is 0 Å². The summed E-state index contributed by atoms with van der Waals surface area (Å²) in [5.41, 5.74) is 1.90. The Labute approximate surface area is 145 Å². The smallest absolute Gasteiger partial charge is 0.337 e. The largest absolute Gasteiger partial charge is 0.465 e. The van der Waals surface area contributed by atoms with Crippen LogP contribution in [0.5, 0.6) is 0 Å². The molecule has 0 aliphatic carbocycles. The summed E-state index contributed by atoms with van der Waals surface area (Å²) in [5.74, 6) is 0.318. The monoisotopic (exact) mass is 334 g/mol. The second-order valence-corrected chi connectivity index (χ2v) is 6.07. The van der Waals surface area contributed by atoms with Crippen LogP contribution in [0, 0.1) is 0 Å². The lowest BCUT2D eigenvalue weighted by Gasteiger charge is -2.32. The van der Waals surface area contributed by atoms with Crippen molar-refractivity contribution >= 4 is 11.9 Å². The minimum Gasteiger partial charge on any atom is -0.465 e. The van der Waals surface area contributed by atoms with E-state index in [1.165, 1.54) is 12.7 Å². The highest BCUT2D eigenvalue weighted by molar-refractivity contribution is 5.89. The Hall–Kier alpha value is -1.88. The molecule has 1 saturated heterocycles. The van der Waals surface area contributed by atoms with Crippen molar-refractivity contribution < 1.29 is 14.3 Å². The van der Waals surface area contributed by atoms with Gasteiger partial charge >= 0.3 is 5.97 Å². The van der Waals surface area contributed by atoms with Crippen LogP contribution in [0.15, 0.2) is 24.3 Å². The predicted molar refractivity (Wildman–Crippen MR) is 96.2 cm³/mol. The maximum Gasteiger partial charge on any atom is 0.337 e. The van der Waals surface area contributed by atoms with Gasteiger partial charge in [-0.05, 0) is 62.5 Å². The lowest BCUT2D eigenvalue weighted by atomic mass is 9.89. The van der Waals surface area contributed by atoms with Gasteiger partial charge in [0.15, 0.2) is 0 Å². The van der Waals surface area contributed by atoms with Gasteiger partial charge in [0, 0.05) is 13.5 Å². The van der Waals surface area contributed by atoms with Gasteiger partial charge in [0.1, 0.15) is 0 Å². The highest BCUT2D eigenvalue weighted by Crippen LogP contribution is 2.28. The Morgan fingerprint density at radius 3 is 2.38 bits per heavy atom. The summed E-state index contributed by atoms with van der Waals surface area (Å²) in [5, 5.41) is 2.84. The molecule has 5 nitrogen and oxygen atoms in total. The van der Waals surface area contributed by atoms with Crippen LogP contribution in [0.1, 0.15) is 55.5 Å². The van der Waals surface area contributed by atoms with Gasteiger partial charge in [0.25, 0.3) is 0 Å². The second kappa shape index (κ2) is 10.1. The Morgan fingerprint density at radius 2 is 1.83 bits per heavy atom. The number of nitrogens with zero attached hydrogens (tertiary/aromatic N) is 1.